The molecule has 0 fully saturated rings. The lowest BCUT2D eigenvalue weighted by Gasteiger charge is -2.11. The average molecular weight is 287 g/mol. The number of hydrogen-bond donors (Lipinski definition) is 1. The van der Waals surface area contributed by atoms with Gasteiger partial charge in [0.1, 0.15) is 11.5 Å². The maximum Gasteiger partial charge on any atom is 0.278 e. The maximum absolute atomic E-state index is 12.1. The predicted molar refractivity (Wildman–Crippen MR) is 78.2 cm³/mol. The lowest BCUT2D eigenvalue weighted by molar-refractivity contribution is 0.0231. The van der Waals surface area contributed by atoms with Crippen molar-refractivity contribution >= 4 is 5.91 Å². The van der Waals surface area contributed by atoms with E-state index in [2.05, 4.69) is 5.48 Å². The highest BCUT2D eigenvalue weighted by molar-refractivity contribution is 5.96. The van der Waals surface area contributed by atoms with Crippen LogP contribution in [0, 0.1) is 0 Å². The van der Waals surface area contributed by atoms with Crippen molar-refractivity contribution in [1.82, 2.24) is 5.48 Å². The summed E-state index contributed by atoms with van der Waals surface area (Å²) in [6, 6.07) is 14.6. The second-order valence-electron chi connectivity index (χ2n) is 4.27. The first-order valence-corrected chi connectivity index (χ1v) is 6.42. The van der Waals surface area contributed by atoms with Crippen LogP contribution in [0.25, 0.3) is 0 Å². The highest BCUT2D eigenvalue weighted by atomic mass is 16.6. The molecular formula is C16H17NO4. The smallest absolute Gasteiger partial charge is 0.278 e. The molecule has 110 valence electrons. The maximum atomic E-state index is 12.1. The summed E-state index contributed by atoms with van der Waals surface area (Å²) in [6.45, 7) is 0.291. The van der Waals surface area contributed by atoms with Crippen LogP contribution < -0.4 is 15.0 Å². The van der Waals surface area contributed by atoms with Crippen LogP contribution in [0.4, 0.5) is 0 Å². The molecule has 0 aliphatic rings. The van der Waals surface area contributed by atoms with Crippen molar-refractivity contribution in [3.05, 3.63) is 59.7 Å². The van der Waals surface area contributed by atoms with Gasteiger partial charge in [-0.25, -0.2) is 5.48 Å². The third-order valence-corrected chi connectivity index (χ3v) is 2.90. The van der Waals surface area contributed by atoms with E-state index < -0.39 is 0 Å². The number of carbonyl (C=O) groups excluding carboxylic acids is 1. The Kier molecular flexibility index (Phi) is 5.17. The minimum Gasteiger partial charge on any atom is -0.497 e. The van der Waals surface area contributed by atoms with Gasteiger partial charge in [0.25, 0.3) is 5.91 Å². The highest BCUT2D eigenvalue weighted by Crippen LogP contribution is 2.23. The van der Waals surface area contributed by atoms with Crippen LogP contribution in [-0.2, 0) is 11.4 Å². The summed E-state index contributed by atoms with van der Waals surface area (Å²) in [6.07, 6.45) is 0. The zero-order valence-corrected chi connectivity index (χ0v) is 12.0. The van der Waals surface area contributed by atoms with E-state index in [1.165, 1.54) is 14.2 Å². The van der Waals surface area contributed by atoms with Crippen molar-refractivity contribution < 1.29 is 19.1 Å². The van der Waals surface area contributed by atoms with Crippen LogP contribution in [0.2, 0.25) is 0 Å². The van der Waals surface area contributed by atoms with Gasteiger partial charge in [-0.2, -0.15) is 0 Å². The number of hydrogen-bond acceptors (Lipinski definition) is 4. The Bertz CT molecular complexity index is 598. The zero-order chi connectivity index (χ0) is 15.1. The molecular weight excluding hydrogens is 270 g/mol. The lowest BCUT2D eigenvalue weighted by Crippen LogP contribution is -2.24. The van der Waals surface area contributed by atoms with Gasteiger partial charge in [-0.15, -0.1) is 0 Å². The lowest BCUT2D eigenvalue weighted by atomic mass is 10.2. The van der Waals surface area contributed by atoms with E-state index in [0.29, 0.717) is 23.7 Å². The molecule has 0 aliphatic heterocycles. The van der Waals surface area contributed by atoms with Gasteiger partial charge < -0.3 is 9.47 Å². The Morgan fingerprint density at radius 3 is 2.48 bits per heavy atom. The fraction of sp³-hybridized carbons (Fsp3) is 0.188. The summed E-state index contributed by atoms with van der Waals surface area (Å²) in [5.41, 5.74) is 3.72. The van der Waals surface area contributed by atoms with Crippen LogP contribution in [0.1, 0.15) is 15.9 Å². The van der Waals surface area contributed by atoms with Crippen LogP contribution >= 0.6 is 0 Å². The number of ether oxygens (including phenoxy) is 2. The second-order valence-corrected chi connectivity index (χ2v) is 4.27. The van der Waals surface area contributed by atoms with Gasteiger partial charge in [0.2, 0.25) is 0 Å². The molecule has 1 N–H and O–H groups in total. The van der Waals surface area contributed by atoms with E-state index >= 15 is 0 Å². The third-order valence-electron chi connectivity index (χ3n) is 2.90. The van der Waals surface area contributed by atoms with Crippen molar-refractivity contribution in [3.8, 4) is 11.5 Å². The Balaban J connectivity index is 1.99. The average Bonchev–Trinajstić information content (AvgIpc) is 2.55. The Labute approximate surface area is 123 Å². The number of amides is 1. The first-order chi connectivity index (χ1) is 10.2. The number of methoxy groups -OCH3 is 2. The molecule has 21 heavy (non-hydrogen) atoms. The molecule has 1 amide bonds. The van der Waals surface area contributed by atoms with Crippen LogP contribution in [0.15, 0.2) is 48.5 Å². The van der Waals surface area contributed by atoms with E-state index in [1.807, 2.05) is 30.3 Å². The number of nitrogens with one attached hydrogen (secondary N) is 1. The van der Waals surface area contributed by atoms with E-state index in [9.17, 15) is 4.79 Å². The van der Waals surface area contributed by atoms with Crippen LogP contribution in [0.5, 0.6) is 11.5 Å². The molecule has 0 heterocycles. The molecule has 2 rings (SSSR count). The Morgan fingerprint density at radius 1 is 1.05 bits per heavy atom. The Morgan fingerprint density at radius 2 is 1.81 bits per heavy atom. The molecule has 0 aromatic heterocycles. The number of rotatable bonds is 6. The number of carbonyl (C=O) groups is 1. The van der Waals surface area contributed by atoms with Gasteiger partial charge in [0, 0.05) is 0 Å². The molecule has 5 heteroatoms. The first kappa shape index (κ1) is 14.9. The molecule has 0 radical (unpaired) electrons. The molecule has 0 atom stereocenters. The van der Waals surface area contributed by atoms with Crippen molar-refractivity contribution in [2.75, 3.05) is 14.2 Å². The predicted octanol–water partition coefficient (Wildman–Crippen LogP) is 2.57. The minimum atomic E-state index is -0.387. The summed E-state index contributed by atoms with van der Waals surface area (Å²) in [5.74, 6) is 0.641. The van der Waals surface area contributed by atoms with Gasteiger partial charge in [-0.05, 0) is 23.8 Å². The van der Waals surface area contributed by atoms with Gasteiger partial charge in [0.15, 0.2) is 0 Å². The third kappa shape index (κ3) is 3.97. The van der Waals surface area contributed by atoms with Crippen molar-refractivity contribution in [3.63, 3.8) is 0 Å². The minimum absolute atomic E-state index is 0.291. The zero-order valence-electron chi connectivity index (χ0n) is 12.0. The van der Waals surface area contributed by atoms with Gasteiger partial charge in [0.05, 0.1) is 26.4 Å². The van der Waals surface area contributed by atoms with Gasteiger partial charge in [-0.3, -0.25) is 9.63 Å². The molecule has 0 spiro atoms. The highest BCUT2D eigenvalue weighted by Gasteiger charge is 2.13. The monoisotopic (exact) mass is 287 g/mol. The van der Waals surface area contributed by atoms with E-state index in [0.717, 1.165) is 5.56 Å². The van der Waals surface area contributed by atoms with Gasteiger partial charge >= 0.3 is 0 Å². The largest absolute Gasteiger partial charge is 0.497 e. The SMILES string of the molecule is COc1ccc(OC)c(C(=O)NOCc2ccccc2)c1. The Hall–Kier alpha value is -2.53. The van der Waals surface area contributed by atoms with Crippen LogP contribution in [0.3, 0.4) is 0 Å². The quantitative estimate of drug-likeness (QED) is 0.830. The van der Waals surface area contributed by atoms with E-state index in [1.54, 1.807) is 18.2 Å². The molecule has 0 saturated heterocycles. The summed E-state index contributed by atoms with van der Waals surface area (Å²) >= 11 is 0. The first-order valence-electron chi connectivity index (χ1n) is 6.42. The molecule has 0 aliphatic carbocycles. The summed E-state index contributed by atoms with van der Waals surface area (Å²) < 4.78 is 10.3. The van der Waals surface area contributed by atoms with E-state index in [-0.39, 0.29) is 5.91 Å². The summed E-state index contributed by atoms with van der Waals surface area (Å²) in [5, 5.41) is 0. The summed E-state index contributed by atoms with van der Waals surface area (Å²) in [4.78, 5) is 17.3. The standard InChI is InChI=1S/C16H17NO4/c1-19-13-8-9-15(20-2)14(10-13)16(18)17-21-11-12-6-4-3-5-7-12/h3-10H,11H2,1-2H3,(H,17,18). The molecule has 0 saturated carbocycles. The molecule has 0 unspecified atom stereocenters. The summed E-state index contributed by atoms with van der Waals surface area (Å²) in [7, 11) is 3.04. The molecule has 2 aromatic rings. The van der Waals surface area contributed by atoms with Crippen molar-refractivity contribution in [2.24, 2.45) is 0 Å². The normalized spacial score (nSPS) is 10.0. The van der Waals surface area contributed by atoms with Crippen LogP contribution in [-0.4, -0.2) is 20.1 Å². The van der Waals surface area contributed by atoms with Crippen molar-refractivity contribution in [2.45, 2.75) is 6.61 Å². The van der Waals surface area contributed by atoms with Crippen molar-refractivity contribution in [1.29, 1.82) is 0 Å². The fourth-order valence-electron chi connectivity index (χ4n) is 1.81. The topological polar surface area (TPSA) is 56.8 Å². The van der Waals surface area contributed by atoms with E-state index in [4.69, 9.17) is 14.3 Å². The molecule has 5 nitrogen and oxygen atoms in total. The fourth-order valence-corrected chi connectivity index (χ4v) is 1.81. The number of benzene rings is 2. The van der Waals surface area contributed by atoms with Gasteiger partial charge in [-0.1, -0.05) is 30.3 Å². The molecule has 0 bridgehead atoms. The number of hydroxylamine groups is 1. The second kappa shape index (κ2) is 7.31. The molecule has 2 aromatic carbocycles.